The second-order valence-corrected chi connectivity index (χ2v) is 10.9. The van der Waals surface area contributed by atoms with Crippen molar-refractivity contribution in [1.82, 2.24) is 9.55 Å². The number of rotatable bonds is 23. The van der Waals surface area contributed by atoms with Gasteiger partial charge in [0.05, 0.1) is 6.33 Å². The van der Waals surface area contributed by atoms with Gasteiger partial charge in [0.15, 0.2) is 0 Å². The molecule has 0 saturated carbocycles. The lowest BCUT2D eigenvalue weighted by Gasteiger charge is -2.28. The first-order chi connectivity index (χ1) is 17.3. The summed E-state index contributed by atoms with van der Waals surface area (Å²) in [5, 5.41) is 0. The monoisotopic (exact) mass is 480 g/mol. The first-order valence-electron chi connectivity index (χ1n) is 15.4. The van der Waals surface area contributed by atoms with Gasteiger partial charge in [-0.25, -0.2) is 4.98 Å². The van der Waals surface area contributed by atoms with Crippen LogP contribution in [0.4, 0.5) is 0 Å². The van der Waals surface area contributed by atoms with Crippen molar-refractivity contribution >= 4 is 0 Å². The molecule has 1 aromatic heterocycles. The van der Waals surface area contributed by atoms with Gasteiger partial charge in [0.2, 0.25) is 0 Å². The summed E-state index contributed by atoms with van der Waals surface area (Å²) in [6.07, 6.45) is 34.2. The fourth-order valence-electron chi connectivity index (χ4n) is 5.73. The Morgan fingerprint density at radius 3 is 1.63 bits per heavy atom. The van der Waals surface area contributed by atoms with Crippen LogP contribution in [0.5, 0.6) is 0 Å². The molecule has 0 bridgehead atoms. The van der Waals surface area contributed by atoms with Gasteiger partial charge < -0.3 is 4.57 Å². The molecule has 1 aromatic carbocycles. The molecule has 0 saturated heterocycles. The maximum absolute atomic E-state index is 4.33. The molecule has 1 heterocycles. The van der Waals surface area contributed by atoms with Crippen LogP contribution in [0.2, 0.25) is 0 Å². The molecule has 0 aliphatic rings. The Hall–Kier alpha value is -1.57. The number of nitrogens with zero attached hydrogens (tertiary/aromatic N) is 2. The van der Waals surface area contributed by atoms with E-state index in [0.717, 1.165) is 0 Å². The van der Waals surface area contributed by atoms with E-state index in [0.29, 0.717) is 12.0 Å². The molecule has 0 radical (unpaired) electrons. The van der Waals surface area contributed by atoms with Crippen molar-refractivity contribution in [3.63, 3.8) is 0 Å². The highest BCUT2D eigenvalue weighted by Gasteiger charge is 2.21. The minimum Gasteiger partial charge on any atom is -0.334 e. The van der Waals surface area contributed by atoms with Crippen LogP contribution in [0, 0.1) is 5.92 Å². The third-order valence-corrected chi connectivity index (χ3v) is 7.89. The van der Waals surface area contributed by atoms with Crippen LogP contribution in [0.3, 0.4) is 0 Å². The Bertz CT molecular complexity index is 678. The Balaban J connectivity index is 1.50. The first kappa shape index (κ1) is 29.7. The molecule has 0 fully saturated rings. The van der Waals surface area contributed by atoms with Crippen molar-refractivity contribution in [2.24, 2.45) is 5.92 Å². The second kappa shape index (κ2) is 20.6. The summed E-state index contributed by atoms with van der Waals surface area (Å²) < 4.78 is 2.35. The Labute approximate surface area is 218 Å². The van der Waals surface area contributed by atoms with Gasteiger partial charge in [-0.3, -0.25) is 0 Å². The summed E-state index contributed by atoms with van der Waals surface area (Å²) in [7, 11) is 0. The van der Waals surface area contributed by atoms with Crippen molar-refractivity contribution < 1.29 is 0 Å². The molecule has 198 valence electrons. The first-order valence-corrected chi connectivity index (χ1v) is 15.4. The zero-order valence-corrected chi connectivity index (χ0v) is 23.3. The number of hydrogen-bond donors (Lipinski definition) is 0. The van der Waals surface area contributed by atoms with Gasteiger partial charge in [0.25, 0.3) is 0 Å². The number of aromatic nitrogens is 2. The van der Waals surface area contributed by atoms with E-state index in [1.807, 2.05) is 12.5 Å². The number of unbranched alkanes of at least 4 members (excludes halogenated alkanes) is 16. The van der Waals surface area contributed by atoms with E-state index >= 15 is 0 Å². The van der Waals surface area contributed by atoms with Crippen LogP contribution in [-0.4, -0.2) is 9.55 Å². The summed E-state index contributed by atoms with van der Waals surface area (Å²) >= 11 is 0. The molecule has 0 aliphatic heterocycles. The van der Waals surface area contributed by atoms with E-state index in [4.69, 9.17) is 0 Å². The van der Waals surface area contributed by atoms with Crippen molar-refractivity contribution in [2.75, 3.05) is 0 Å². The number of hydrogen-bond acceptors (Lipinski definition) is 1. The molecular formula is C33H56N2. The minimum atomic E-state index is 0.554. The third-order valence-electron chi connectivity index (χ3n) is 7.89. The van der Waals surface area contributed by atoms with Gasteiger partial charge in [-0.2, -0.15) is 0 Å². The average Bonchev–Trinajstić information content (AvgIpc) is 3.41. The summed E-state index contributed by atoms with van der Waals surface area (Å²) in [6, 6.07) is 11.6. The fraction of sp³-hybridized carbons (Fsp3) is 0.727. The Morgan fingerprint density at radius 2 is 1.17 bits per heavy atom. The molecule has 2 rings (SSSR count). The molecule has 2 unspecified atom stereocenters. The Kier molecular flexibility index (Phi) is 17.5. The van der Waals surface area contributed by atoms with Crippen LogP contribution in [0.15, 0.2) is 49.1 Å². The SMILES string of the molecule is CCCCCCCCCCCCCCCCCCCC(Cc1ccccc1)C(CC)n1ccnc1. The van der Waals surface area contributed by atoms with Crippen LogP contribution in [0.25, 0.3) is 0 Å². The van der Waals surface area contributed by atoms with Gasteiger partial charge in [-0.1, -0.05) is 153 Å². The van der Waals surface area contributed by atoms with Gasteiger partial charge in [-0.05, 0) is 30.7 Å². The zero-order valence-electron chi connectivity index (χ0n) is 23.3. The zero-order chi connectivity index (χ0) is 24.8. The lowest BCUT2D eigenvalue weighted by atomic mass is 9.86. The maximum Gasteiger partial charge on any atom is 0.0948 e. The lowest BCUT2D eigenvalue weighted by molar-refractivity contribution is 0.290. The van der Waals surface area contributed by atoms with Crippen molar-refractivity contribution in [3.8, 4) is 0 Å². The molecule has 0 N–H and O–H groups in total. The largest absolute Gasteiger partial charge is 0.334 e. The fourth-order valence-corrected chi connectivity index (χ4v) is 5.73. The maximum atomic E-state index is 4.33. The van der Waals surface area contributed by atoms with Gasteiger partial charge in [0, 0.05) is 18.4 Å². The number of imidazole rings is 1. The highest BCUT2D eigenvalue weighted by molar-refractivity contribution is 5.15. The van der Waals surface area contributed by atoms with Crippen molar-refractivity contribution in [1.29, 1.82) is 0 Å². The predicted molar refractivity (Wildman–Crippen MR) is 154 cm³/mol. The van der Waals surface area contributed by atoms with Crippen molar-refractivity contribution in [2.45, 2.75) is 148 Å². The van der Waals surface area contributed by atoms with Crippen molar-refractivity contribution in [3.05, 3.63) is 54.6 Å². The van der Waals surface area contributed by atoms with E-state index in [9.17, 15) is 0 Å². The highest BCUT2D eigenvalue weighted by atomic mass is 15.1. The minimum absolute atomic E-state index is 0.554. The standard InChI is InChI=1S/C33H56N2/c1-3-5-6-7-8-9-10-11-12-13-14-15-16-17-18-19-23-26-32(29-31-24-21-20-22-25-31)33(4-2)35-28-27-34-30-35/h20-22,24-25,27-28,30,32-33H,3-19,23,26,29H2,1-2H3. The second-order valence-electron chi connectivity index (χ2n) is 10.9. The number of benzene rings is 1. The van der Waals surface area contributed by atoms with E-state index < -0.39 is 0 Å². The van der Waals surface area contributed by atoms with E-state index in [2.05, 4.69) is 59.9 Å². The Morgan fingerprint density at radius 1 is 0.657 bits per heavy atom. The molecule has 2 atom stereocenters. The molecule has 0 amide bonds. The van der Waals surface area contributed by atoms with Crippen LogP contribution in [0.1, 0.15) is 147 Å². The van der Waals surface area contributed by atoms with E-state index in [-0.39, 0.29) is 0 Å². The summed E-state index contributed by atoms with van der Waals surface area (Å²) in [6.45, 7) is 4.63. The molecular weight excluding hydrogens is 424 g/mol. The van der Waals surface area contributed by atoms with E-state index in [1.165, 1.54) is 134 Å². The van der Waals surface area contributed by atoms with Crippen LogP contribution >= 0.6 is 0 Å². The summed E-state index contributed by atoms with van der Waals surface area (Å²) in [5.41, 5.74) is 1.48. The van der Waals surface area contributed by atoms with E-state index in [1.54, 1.807) is 0 Å². The molecule has 0 aliphatic carbocycles. The average molecular weight is 481 g/mol. The molecule has 2 aromatic rings. The van der Waals surface area contributed by atoms with Crippen LogP contribution in [-0.2, 0) is 6.42 Å². The van der Waals surface area contributed by atoms with Gasteiger partial charge in [-0.15, -0.1) is 0 Å². The molecule has 2 nitrogen and oxygen atoms in total. The summed E-state index contributed by atoms with van der Waals surface area (Å²) in [5.74, 6) is 0.688. The lowest BCUT2D eigenvalue weighted by Crippen LogP contribution is -2.20. The van der Waals surface area contributed by atoms with Gasteiger partial charge in [0.1, 0.15) is 0 Å². The predicted octanol–water partition coefficient (Wildman–Crippen LogP) is 10.7. The third kappa shape index (κ3) is 13.9. The quantitative estimate of drug-likeness (QED) is 0.145. The van der Waals surface area contributed by atoms with Gasteiger partial charge >= 0.3 is 0 Å². The molecule has 2 heteroatoms. The van der Waals surface area contributed by atoms with Crippen LogP contribution < -0.4 is 0 Å². The smallest absolute Gasteiger partial charge is 0.0948 e. The molecule has 35 heavy (non-hydrogen) atoms. The topological polar surface area (TPSA) is 17.8 Å². The highest BCUT2D eigenvalue weighted by Crippen LogP contribution is 2.30. The summed E-state index contributed by atoms with van der Waals surface area (Å²) in [4.78, 5) is 4.33. The normalized spacial score (nSPS) is 13.2. The molecule has 0 spiro atoms.